The second-order valence-corrected chi connectivity index (χ2v) is 0. The molecule has 0 unspecified atom stereocenters. The fourth-order valence-electron chi connectivity index (χ4n) is 0. The van der Waals surface area contributed by atoms with E-state index in [9.17, 15) is 0 Å². The van der Waals surface area contributed by atoms with Gasteiger partial charge in [0.2, 0.25) is 0 Å². The molecule has 14 heteroatoms. The van der Waals surface area contributed by atoms with Gasteiger partial charge in [-0.05, 0) is 0 Å². The van der Waals surface area contributed by atoms with Crippen LogP contribution in [0, 0.1) is 73.5 Å². The summed E-state index contributed by atoms with van der Waals surface area (Å²) in [5.74, 6) is 0. The van der Waals surface area contributed by atoms with Gasteiger partial charge in [0.05, 0.1) is 0 Å². The van der Waals surface area contributed by atoms with Crippen molar-refractivity contribution < 1.29 is 0 Å². The summed E-state index contributed by atoms with van der Waals surface area (Å²) < 4.78 is 0. The van der Waals surface area contributed by atoms with Gasteiger partial charge in [-0.2, -0.15) is 34.3 Å². The second-order valence-electron chi connectivity index (χ2n) is 0. The smallest absolute Gasteiger partial charge is 0.0776 e. The Morgan fingerprint density at radius 3 is 0.200 bits per heavy atom. The molecule has 0 aromatic carbocycles. The van der Waals surface area contributed by atoms with Crippen molar-refractivity contribution >= 4 is 0 Å². The number of hydrogen-bond acceptors (Lipinski definition) is 14. The molecule has 0 saturated heterocycles. The van der Waals surface area contributed by atoms with E-state index in [0.29, 0.717) is 0 Å². The van der Waals surface area contributed by atoms with E-state index in [2.05, 4.69) is 39.2 Å². The molecule has 0 radical (unpaired) electrons. The summed E-state index contributed by atoms with van der Waals surface area (Å²) in [5, 5.41) is 0. The summed E-state index contributed by atoms with van der Waals surface area (Å²) in [5.41, 5.74) is 31.5. The van der Waals surface area contributed by atoms with Gasteiger partial charge >= 0.3 is 0 Å². The van der Waals surface area contributed by atoms with Gasteiger partial charge in [0.15, 0.2) is 0 Å². The summed E-state index contributed by atoms with van der Waals surface area (Å²) in [6.45, 7) is 0. The monoisotopic (exact) mass is 313 g/mol. The molecule has 0 fully saturated rings. The van der Waals surface area contributed by atoms with Crippen molar-refractivity contribution in [3.8, 4) is 0 Å². The fourth-order valence-corrected chi connectivity index (χ4v) is 0. The zero-order valence-corrected chi connectivity index (χ0v) is 6.36. The largest absolute Gasteiger partial charge is 0.154 e. The van der Waals surface area contributed by atoms with Gasteiger partial charge in [0.1, 0.15) is 0 Å². The minimum atomic E-state index is 0. The Morgan fingerprint density at radius 1 is 0.200 bits per heavy atom. The van der Waals surface area contributed by atoms with Crippen molar-refractivity contribution in [3.63, 3.8) is 0 Å². The van der Waals surface area contributed by atoms with Crippen molar-refractivity contribution in [2.45, 2.75) is 44.6 Å². The Bertz CT molecular complexity index is 51.3. The zero-order chi connectivity index (χ0) is 14.0. The first-order chi connectivity index (χ1) is 7.00. The Labute approximate surface area is 119 Å². The molecule has 0 aliphatic carbocycles. The molecule has 0 atom stereocenters. The Kier molecular flexibility index (Phi) is 6110. The van der Waals surface area contributed by atoms with Crippen LogP contribution in [0.5, 0.6) is 0 Å². The molecule has 0 spiro atoms. The third-order valence-electron chi connectivity index (χ3n) is 0. The maximum atomic E-state index is 7.50. The van der Waals surface area contributed by atoms with E-state index in [-0.39, 0.29) is 44.6 Å². The van der Waals surface area contributed by atoms with Crippen LogP contribution in [0.1, 0.15) is 44.6 Å². The van der Waals surface area contributed by atoms with E-state index in [0.717, 1.165) is 0 Å². The molecular formula is C6H31N7O7. The average Bonchev–Trinajstić information content (AvgIpc) is 2.45. The molecule has 0 amide bonds. The van der Waals surface area contributed by atoms with Gasteiger partial charge in [-0.1, -0.05) is 83.7 Å². The predicted octanol–water partition coefficient (Wildman–Crippen LogP) is 6.14. The Balaban J connectivity index is -0.00000000247. The summed E-state index contributed by atoms with van der Waals surface area (Å²) in [6, 6.07) is 0. The fraction of sp³-hybridized carbons (Fsp3) is 1.00. The highest BCUT2D eigenvalue weighted by atomic mass is 16.2. The summed E-state index contributed by atoms with van der Waals surface area (Å²) >= 11 is 0. The highest BCUT2D eigenvalue weighted by Crippen LogP contribution is 0.778. The van der Waals surface area contributed by atoms with Crippen LogP contribution >= 0.6 is 0 Å². The quantitative estimate of drug-likeness (QED) is 0.256. The van der Waals surface area contributed by atoms with Gasteiger partial charge in [-0.3, -0.25) is 0 Å². The van der Waals surface area contributed by atoms with Crippen LogP contribution in [0.25, 0.3) is 0 Å². The highest BCUT2D eigenvalue weighted by Gasteiger charge is 0.601. The van der Waals surface area contributed by atoms with Crippen molar-refractivity contribution in [2.24, 2.45) is 0 Å². The molecule has 7 N–H and O–H groups in total. The number of rotatable bonds is 0. The van der Waals surface area contributed by atoms with Crippen LogP contribution in [0.15, 0.2) is 0 Å². The summed E-state index contributed by atoms with van der Waals surface area (Å²) in [6.07, 6.45) is 0. The first-order valence-electron chi connectivity index (χ1n) is 1.43. The van der Waals surface area contributed by atoms with E-state index in [4.69, 9.17) is 34.3 Å². The van der Waals surface area contributed by atoms with E-state index in [1.165, 1.54) is 0 Å². The first kappa shape index (κ1) is 256. The molecule has 132 valence electrons. The third kappa shape index (κ3) is 391. The van der Waals surface area contributed by atoms with Crippen LogP contribution in [0.4, 0.5) is 0 Å². The van der Waals surface area contributed by atoms with Gasteiger partial charge in [-0.15, -0.1) is 0 Å². The molecule has 0 heterocycles. The molecule has 0 aromatic heterocycles. The molecule has 20 heavy (non-hydrogen) atoms. The molecule has 14 nitrogen and oxygen atoms in total. The molecule has 0 bridgehead atoms. The molecule has 0 aliphatic rings. The van der Waals surface area contributed by atoms with Crippen molar-refractivity contribution in [3.05, 3.63) is 34.3 Å². The SMILES string of the molecule is C.C.C.C.C.C.N=O.N=O.N=O.N=O.N=O.N=O.N=O. The lowest BCUT2D eigenvalue weighted by molar-refractivity contribution is 1.49. The van der Waals surface area contributed by atoms with Crippen molar-refractivity contribution in [1.82, 2.24) is 0 Å². The van der Waals surface area contributed by atoms with Crippen LogP contribution in [0.2, 0.25) is 0 Å². The van der Waals surface area contributed by atoms with E-state index in [1.807, 2.05) is 0 Å². The van der Waals surface area contributed by atoms with Crippen LogP contribution in [-0.4, -0.2) is 0 Å². The van der Waals surface area contributed by atoms with Gasteiger partial charge < -0.3 is 0 Å². The number of nitroso groups, excluding NO2 is 7. The lowest BCUT2D eigenvalue weighted by atomic mass is 12.0. The van der Waals surface area contributed by atoms with Gasteiger partial charge in [0, 0.05) is 0 Å². The van der Waals surface area contributed by atoms with Crippen LogP contribution in [0.3, 0.4) is 0 Å². The van der Waals surface area contributed by atoms with Crippen LogP contribution in [-0.2, 0) is 0 Å². The van der Waals surface area contributed by atoms with E-state index in [1.54, 1.807) is 0 Å². The van der Waals surface area contributed by atoms with Crippen molar-refractivity contribution in [1.29, 1.82) is 39.2 Å². The minimum absolute atomic E-state index is 0. The lowest BCUT2D eigenvalue weighted by Crippen LogP contribution is -0.649. The molecule has 0 aliphatic heterocycles. The van der Waals surface area contributed by atoms with Gasteiger partial charge in [0.25, 0.3) is 0 Å². The maximum Gasteiger partial charge on any atom is -0.0776 e. The molecule has 0 saturated carbocycles. The first-order valence-corrected chi connectivity index (χ1v) is 1.43. The Morgan fingerprint density at radius 2 is 0.200 bits per heavy atom. The average molecular weight is 313 g/mol. The van der Waals surface area contributed by atoms with Crippen molar-refractivity contribution in [2.75, 3.05) is 0 Å². The van der Waals surface area contributed by atoms with Crippen LogP contribution < -0.4 is 0 Å². The Hall–Kier alpha value is -2.80. The molecule has 0 rings (SSSR count). The minimum Gasteiger partial charge on any atom is -0.154 e. The molecule has 0 aromatic rings. The summed E-state index contributed by atoms with van der Waals surface area (Å²) in [4.78, 5) is 52.5. The number of hydrogen-bond donors (Lipinski definition) is 7. The topological polar surface area (TPSA) is 286 Å². The van der Waals surface area contributed by atoms with Gasteiger partial charge in [-0.25, -0.2) is 0 Å². The van der Waals surface area contributed by atoms with E-state index >= 15 is 0 Å². The number of nitrogens with one attached hydrogen (secondary N) is 7. The third-order valence-corrected chi connectivity index (χ3v) is 0. The maximum absolute atomic E-state index is 7.50. The predicted molar refractivity (Wildman–Crippen MR) is 83.0 cm³/mol. The molecular weight excluding hydrogens is 282 g/mol. The summed E-state index contributed by atoms with van der Waals surface area (Å²) in [7, 11) is 0. The normalized spacial score (nSPS) is 1.40. The zero-order valence-electron chi connectivity index (χ0n) is 6.36. The standard InChI is InChI=1S/6CH4.7HNO/c;;;;;;7*1-2/h6*1H4;7*1H. The van der Waals surface area contributed by atoms with E-state index < -0.39 is 0 Å². The highest BCUT2D eigenvalue weighted by molar-refractivity contribution is 3.64. The second kappa shape index (κ2) is 477. The lowest BCUT2D eigenvalue weighted by Gasteiger charge is -0.827.